The van der Waals surface area contributed by atoms with Crippen molar-refractivity contribution in [1.29, 1.82) is 5.41 Å². The fraction of sp³-hybridized carbons (Fsp3) is 0.150. The lowest BCUT2D eigenvalue weighted by Gasteiger charge is -2.12. The Bertz CT molecular complexity index is 1040. The molecule has 0 fully saturated rings. The summed E-state index contributed by atoms with van der Waals surface area (Å²) in [6, 6.07) is 10.2. The quantitative estimate of drug-likeness (QED) is 0.316. The first-order valence-electron chi connectivity index (χ1n) is 8.69. The normalized spacial score (nSPS) is 10.6. The number of phenols is 1. The van der Waals surface area contributed by atoms with E-state index in [1.807, 2.05) is 23.8 Å². The Morgan fingerprint density at radius 2 is 2.11 bits per heavy atom. The van der Waals surface area contributed by atoms with Crippen molar-refractivity contribution in [1.82, 2.24) is 9.55 Å². The Morgan fingerprint density at radius 1 is 1.32 bits per heavy atom. The highest BCUT2D eigenvalue weighted by Crippen LogP contribution is 2.31. The number of carboxylic acid groups (broad SMARTS) is 1. The largest absolute Gasteiger partial charge is 0.507 e. The van der Waals surface area contributed by atoms with Crippen LogP contribution in [0, 0.1) is 5.41 Å². The van der Waals surface area contributed by atoms with Gasteiger partial charge in [0, 0.05) is 47.4 Å². The maximum atomic E-state index is 11.0. The standard InChI is InChI=1S/C20H21N5O3/c1-2-25-10-17(24-11-25)14-5-3-4-12(19(14)26)9-23-13-6-7-16(21)15(8-13)18(22)20(27)28/h3-8,10-11,22-23,26H,2,9,21H2,1H3,(H,27,28). The van der Waals surface area contributed by atoms with Gasteiger partial charge in [0.05, 0.1) is 12.0 Å². The number of carboxylic acids is 1. The van der Waals surface area contributed by atoms with Crippen molar-refractivity contribution in [3.8, 4) is 17.0 Å². The van der Waals surface area contributed by atoms with E-state index in [0.717, 1.165) is 6.54 Å². The molecule has 8 heteroatoms. The predicted octanol–water partition coefficient (Wildman–Crippen LogP) is 2.92. The minimum Gasteiger partial charge on any atom is -0.507 e. The van der Waals surface area contributed by atoms with Crippen LogP contribution in [0.3, 0.4) is 0 Å². The van der Waals surface area contributed by atoms with Crippen molar-refractivity contribution in [2.75, 3.05) is 11.1 Å². The average Bonchev–Trinajstić information content (AvgIpc) is 3.16. The van der Waals surface area contributed by atoms with E-state index in [1.54, 1.807) is 30.6 Å². The molecule has 1 heterocycles. The molecule has 0 aliphatic carbocycles. The van der Waals surface area contributed by atoms with Crippen LogP contribution in [0.25, 0.3) is 11.3 Å². The third kappa shape index (κ3) is 3.80. The lowest BCUT2D eigenvalue weighted by molar-refractivity contribution is -0.129. The van der Waals surface area contributed by atoms with E-state index < -0.39 is 11.7 Å². The zero-order valence-electron chi connectivity index (χ0n) is 15.3. The van der Waals surface area contributed by atoms with Crippen molar-refractivity contribution >= 4 is 23.1 Å². The van der Waals surface area contributed by atoms with E-state index in [9.17, 15) is 9.90 Å². The molecule has 0 radical (unpaired) electrons. The van der Waals surface area contributed by atoms with Gasteiger partial charge in [-0.2, -0.15) is 0 Å². The van der Waals surface area contributed by atoms with Gasteiger partial charge in [-0.3, -0.25) is 5.41 Å². The molecule has 8 nitrogen and oxygen atoms in total. The average molecular weight is 379 g/mol. The van der Waals surface area contributed by atoms with Gasteiger partial charge in [-0.1, -0.05) is 12.1 Å². The maximum absolute atomic E-state index is 11.0. The van der Waals surface area contributed by atoms with Crippen LogP contribution in [-0.2, 0) is 17.9 Å². The smallest absolute Gasteiger partial charge is 0.354 e. The van der Waals surface area contributed by atoms with Crippen LogP contribution in [0.15, 0.2) is 48.9 Å². The lowest BCUT2D eigenvalue weighted by Crippen LogP contribution is -2.15. The molecule has 0 saturated carbocycles. The summed E-state index contributed by atoms with van der Waals surface area (Å²) in [6.07, 6.45) is 3.59. The highest BCUT2D eigenvalue weighted by molar-refractivity contribution is 6.42. The third-order valence-corrected chi connectivity index (χ3v) is 4.41. The molecule has 2 aromatic carbocycles. The molecule has 0 saturated heterocycles. The van der Waals surface area contributed by atoms with E-state index in [2.05, 4.69) is 10.3 Å². The number of rotatable bonds is 7. The Hall–Kier alpha value is -3.81. The van der Waals surface area contributed by atoms with Crippen molar-refractivity contribution in [2.45, 2.75) is 20.0 Å². The van der Waals surface area contributed by atoms with E-state index in [1.165, 1.54) is 6.07 Å². The van der Waals surface area contributed by atoms with Crippen molar-refractivity contribution in [2.24, 2.45) is 0 Å². The number of para-hydroxylation sites is 1. The van der Waals surface area contributed by atoms with Crippen molar-refractivity contribution in [3.63, 3.8) is 0 Å². The van der Waals surface area contributed by atoms with E-state index in [4.69, 9.17) is 16.2 Å². The Balaban J connectivity index is 1.82. The molecular weight excluding hydrogens is 358 g/mol. The van der Waals surface area contributed by atoms with Gasteiger partial charge in [-0.05, 0) is 31.2 Å². The number of benzene rings is 2. The first-order chi connectivity index (χ1) is 13.4. The Morgan fingerprint density at radius 3 is 2.79 bits per heavy atom. The van der Waals surface area contributed by atoms with Crippen LogP contribution in [0.5, 0.6) is 5.75 Å². The summed E-state index contributed by atoms with van der Waals surface area (Å²) in [7, 11) is 0. The number of carbonyl (C=O) groups is 1. The monoisotopic (exact) mass is 379 g/mol. The molecular formula is C20H21N5O3. The van der Waals surface area contributed by atoms with Gasteiger partial charge >= 0.3 is 5.97 Å². The third-order valence-electron chi connectivity index (χ3n) is 4.41. The highest BCUT2D eigenvalue weighted by atomic mass is 16.4. The fourth-order valence-corrected chi connectivity index (χ4v) is 2.81. The van der Waals surface area contributed by atoms with Crippen LogP contribution < -0.4 is 11.1 Å². The second-order valence-electron chi connectivity index (χ2n) is 6.24. The molecule has 0 aliphatic rings. The molecule has 0 unspecified atom stereocenters. The number of aromatic hydroxyl groups is 1. The summed E-state index contributed by atoms with van der Waals surface area (Å²) < 4.78 is 1.92. The number of nitrogens with one attached hydrogen (secondary N) is 2. The molecule has 0 atom stereocenters. The minimum atomic E-state index is -1.35. The van der Waals surface area contributed by atoms with E-state index in [-0.39, 0.29) is 17.0 Å². The number of nitrogen functional groups attached to an aromatic ring is 1. The molecule has 0 bridgehead atoms. The van der Waals surface area contributed by atoms with Crippen LogP contribution in [0.4, 0.5) is 11.4 Å². The molecule has 144 valence electrons. The van der Waals surface area contributed by atoms with Crippen molar-refractivity contribution < 1.29 is 15.0 Å². The second-order valence-corrected chi connectivity index (χ2v) is 6.24. The van der Waals surface area contributed by atoms with Crippen LogP contribution in [0.2, 0.25) is 0 Å². The topological polar surface area (TPSA) is 137 Å². The molecule has 1 aromatic heterocycles. The number of nitrogens with zero attached hydrogens (tertiary/aromatic N) is 2. The lowest BCUT2D eigenvalue weighted by atomic mass is 10.1. The maximum Gasteiger partial charge on any atom is 0.354 e. The summed E-state index contributed by atoms with van der Waals surface area (Å²) in [6.45, 7) is 3.11. The minimum absolute atomic E-state index is 0.130. The summed E-state index contributed by atoms with van der Waals surface area (Å²) in [5.74, 6) is -1.22. The molecule has 28 heavy (non-hydrogen) atoms. The molecule has 0 aliphatic heterocycles. The molecule has 6 N–H and O–H groups in total. The van der Waals surface area contributed by atoms with Gasteiger partial charge in [0.2, 0.25) is 0 Å². The number of phenolic OH excluding ortho intramolecular Hbond substituents is 1. The Labute approximate surface area is 161 Å². The van der Waals surface area contributed by atoms with Gasteiger partial charge < -0.3 is 25.8 Å². The molecule has 3 aromatic rings. The van der Waals surface area contributed by atoms with Gasteiger partial charge in [-0.15, -0.1) is 0 Å². The predicted molar refractivity (Wildman–Crippen MR) is 108 cm³/mol. The first kappa shape index (κ1) is 19.0. The van der Waals surface area contributed by atoms with Gasteiger partial charge in [-0.25, -0.2) is 9.78 Å². The van der Waals surface area contributed by atoms with E-state index >= 15 is 0 Å². The van der Waals surface area contributed by atoms with Gasteiger partial charge in [0.15, 0.2) is 0 Å². The fourth-order valence-electron chi connectivity index (χ4n) is 2.81. The van der Waals surface area contributed by atoms with Crippen LogP contribution >= 0.6 is 0 Å². The number of hydrogen-bond acceptors (Lipinski definition) is 6. The van der Waals surface area contributed by atoms with E-state index in [0.29, 0.717) is 29.1 Å². The first-order valence-corrected chi connectivity index (χ1v) is 8.69. The summed E-state index contributed by atoms with van der Waals surface area (Å²) >= 11 is 0. The summed E-state index contributed by atoms with van der Waals surface area (Å²) in [5.41, 5.74) is 8.14. The SMILES string of the molecule is CCn1cnc(-c2cccc(CNc3ccc(N)c(C(=N)C(=O)O)c3)c2O)c1. The van der Waals surface area contributed by atoms with Gasteiger partial charge in [0.25, 0.3) is 0 Å². The highest BCUT2D eigenvalue weighted by Gasteiger charge is 2.15. The molecule has 0 spiro atoms. The number of aliphatic carboxylic acids is 1. The number of aromatic nitrogens is 2. The zero-order valence-corrected chi connectivity index (χ0v) is 15.3. The van der Waals surface area contributed by atoms with Gasteiger partial charge in [0.1, 0.15) is 11.5 Å². The molecule has 3 rings (SSSR count). The number of aryl methyl sites for hydroxylation is 1. The number of nitrogens with two attached hydrogens (primary N) is 1. The zero-order chi connectivity index (χ0) is 20.3. The second kappa shape index (κ2) is 7.83. The molecule has 0 amide bonds. The Kier molecular flexibility index (Phi) is 5.30. The van der Waals surface area contributed by atoms with Crippen LogP contribution in [0.1, 0.15) is 18.1 Å². The number of imidazole rings is 1. The number of anilines is 2. The number of hydrogen-bond donors (Lipinski definition) is 5. The van der Waals surface area contributed by atoms with Crippen LogP contribution in [-0.4, -0.2) is 31.4 Å². The van der Waals surface area contributed by atoms with Crippen molar-refractivity contribution in [3.05, 3.63) is 60.0 Å². The summed E-state index contributed by atoms with van der Waals surface area (Å²) in [4.78, 5) is 15.4. The summed E-state index contributed by atoms with van der Waals surface area (Å²) in [5, 5.41) is 30.4.